The molecule has 1 aromatic carbocycles. The fourth-order valence-corrected chi connectivity index (χ4v) is 3.89. The third-order valence-electron chi connectivity index (χ3n) is 2.64. The first-order valence-electron chi connectivity index (χ1n) is 4.58. The molecule has 4 nitrogen and oxygen atoms in total. The van der Waals surface area contributed by atoms with Gasteiger partial charge in [-0.15, -0.1) is 4.83 Å². The molecular formula is C9H10Cl2N2O2S. The first kappa shape index (κ1) is 12.1. The summed E-state index contributed by atoms with van der Waals surface area (Å²) < 4.78 is 23.8. The highest BCUT2D eigenvalue weighted by Crippen LogP contribution is 2.38. The molecule has 0 radical (unpaired) electrons. The van der Waals surface area contributed by atoms with Crippen LogP contribution in [0.2, 0.25) is 10.0 Å². The molecule has 16 heavy (non-hydrogen) atoms. The molecule has 0 aliphatic carbocycles. The zero-order valence-electron chi connectivity index (χ0n) is 8.66. The lowest BCUT2D eigenvalue weighted by Crippen LogP contribution is -2.45. The van der Waals surface area contributed by atoms with Crippen molar-refractivity contribution in [3.8, 4) is 0 Å². The van der Waals surface area contributed by atoms with Gasteiger partial charge in [0.05, 0.1) is 10.0 Å². The van der Waals surface area contributed by atoms with Crippen molar-refractivity contribution in [2.45, 2.75) is 17.9 Å². The van der Waals surface area contributed by atoms with E-state index in [1.165, 1.54) is 5.01 Å². The number of hydrogen-bond acceptors (Lipinski definition) is 3. The number of rotatable bonds is 0. The van der Waals surface area contributed by atoms with Crippen molar-refractivity contribution < 1.29 is 8.42 Å². The van der Waals surface area contributed by atoms with E-state index in [2.05, 4.69) is 4.83 Å². The van der Waals surface area contributed by atoms with Crippen LogP contribution in [0.3, 0.4) is 0 Å². The number of benzene rings is 1. The summed E-state index contributed by atoms with van der Waals surface area (Å²) in [5, 5.41) is 1.83. The number of sulfonamides is 1. The normalized spacial score (nSPS) is 24.1. The van der Waals surface area contributed by atoms with Crippen molar-refractivity contribution in [1.82, 2.24) is 9.84 Å². The minimum Gasteiger partial charge on any atom is -0.226 e. The Morgan fingerprint density at radius 2 is 2.00 bits per heavy atom. The van der Waals surface area contributed by atoms with Gasteiger partial charge in [-0.1, -0.05) is 29.3 Å². The predicted molar refractivity (Wildman–Crippen MR) is 63.0 cm³/mol. The van der Waals surface area contributed by atoms with Gasteiger partial charge in [0.1, 0.15) is 4.90 Å². The number of nitrogens with zero attached hydrogens (tertiary/aromatic N) is 1. The van der Waals surface area contributed by atoms with Crippen molar-refractivity contribution in [3.63, 3.8) is 0 Å². The lowest BCUT2D eigenvalue weighted by molar-refractivity contribution is 0.216. The number of hydrogen-bond donors (Lipinski definition) is 1. The molecule has 0 amide bonds. The molecule has 1 aliphatic rings. The van der Waals surface area contributed by atoms with E-state index in [1.54, 1.807) is 19.2 Å². The minimum atomic E-state index is -3.62. The van der Waals surface area contributed by atoms with Gasteiger partial charge < -0.3 is 0 Å². The van der Waals surface area contributed by atoms with Gasteiger partial charge in [-0.25, -0.2) is 13.4 Å². The summed E-state index contributed by atoms with van der Waals surface area (Å²) in [6.45, 7) is 1.88. The SMILES string of the molecule is CC1c2ccc(Cl)c(Cl)c2S(=O)(=O)NN1C. The van der Waals surface area contributed by atoms with E-state index in [9.17, 15) is 8.42 Å². The number of nitrogens with one attached hydrogen (secondary N) is 1. The first-order chi connectivity index (χ1) is 7.34. The van der Waals surface area contributed by atoms with Crippen molar-refractivity contribution in [1.29, 1.82) is 0 Å². The quantitative estimate of drug-likeness (QED) is 0.793. The zero-order chi connectivity index (χ0) is 12.1. The summed E-state index contributed by atoms with van der Waals surface area (Å²) in [7, 11) is -1.96. The maximum absolute atomic E-state index is 11.9. The summed E-state index contributed by atoms with van der Waals surface area (Å²) in [6.07, 6.45) is 0. The van der Waals surface area contributed by atoms with Gasteiger partial charge in [-0.2, -0.15) is 0 Å². The van der Waals surface area contributed by atoms with Crippen LogP contribution in [0.25, 0.3) is 0 Å². The highest BCUT2D eigenvalue weighted by Gasteiger charge is 2.34. The average Bonchev–Trinajstić information content (AvgIpc) is 2.18. The molecule has 1 N–H and O–H groups in total. The molecular weight excluding hydrogens is 271 g/mol. The molecule has 1 atom stereocenters. The van der Waals surface area contributed by atoms with Gasteiger partial charge in [0.25, 0.3) is 10.0 Å². The van der Waals surface area contributed by atoms with Gasteiger partial charge in [0.15, 0.2) is 0 Å². The van der Waals surface area contributed by atoms with Crippen LogP contribution in [0.5, 0.6) is 0 Å². The van der Waals surface area contributed by atoms with Crippen LogP contribution >= 0.6 is 23.2 Å². The van der Waals surface area contributed by atoms with Crippen LogP contribution in [-0.2, 0) is 10.0 Å². The topological polar surface area (TPSA) is 49.4 Å². The van der Waals surface area contributed by atoms with E-state index in [-0.39, 0.29) is 21.0 Å². The zero-order valence-corrected chi connectivity index (χ0v) is 11.0. The highest BCUT2D eigenvalue weighted by molar-refractivity contribution is 7.89. The largest absolute Gasteiger partial charge is 0.255 e. The van der Waals surface area contributed by atoms with E-state index in [0.29, 0.717) is 5.56 Å². The molecule has 0 bridgehead atoms. The summed E-state index contributed by atoms with van der Waals surface area (Å²) in [5.41, 5.74) is 0.649. The Bertz CT molecular complexity index is 545. The van der Waals surface area contributed by atoms with Gasteiger partial charge in [-0.3, -0.25) is 0 Å². The van der Waals surface area contributed by atoms with E-state index in [1.807, 2.05) is 6.92 Å². The van der Waals surface area contributed by atoms with Gasteiger partial charge >= 0.3 is 0 Å². The van der Waals surface area contributed by atoms with E-state index < -0.39 is 10.0 Å². The van der Waals surface area contributed by atoms with Crippen LogP contribution in [0.1, 0.15) is 18.5 Å². The molecule has 0 aromatic heterocycles. The average molecular weight is 281 g/mol. The second-order valence-electron chi connectivity index (χ2n) is 3.66. The molecule has 1 aromatic rings. The van der Waals surface area contributed by atoms with Crippen LogP contribution in [-0.4, -0.2) is 20.5 Å². The minimum absolute atomic E-state index is 0.0756. The van der Waals surface area contributed by atoms with Crippen molar-refractivity contribution in [2.75, 3.05) is 7.05 Å². The first-order valence-corrected chi connectivity index (χ1v) is 6.81. The Labute approximate surface area is 104 Å². The molecule has 7 heteroatoms. The molecule has 1 heterocycles. The van der Waals surface area contributed by atoms with Gasteiger partial charge in [0.2, 0.25) is 0 Å². The van der Waals surface area contributed by atoms with Crippen LogP contribution in [0.4, 0.5) is 0 Å². The number of fused-ring (bicyclic) bond motifs is 1. The number of hydrazine groups is 1. The van der Waals surface area contributed by atoms with Crippen molar-refractivity contribution in [2.24, 2.45) is 0 Å². The Hall–Kier alpha value is -0.330. The monoisotopic (exact) mass is 280 g/mol. The second kappa shape index (κ2) is 3.85. The fourth-order valence-electron chi connectivity index (χ4n) is 1.67. The standard InChI is InChI=1S/C9H10Cl2N2O2S/c1-5-6-3-4-7(10)8(11)9(6)16(14,15)12-13(5)2/h3-5,12H,1-2H3. The molecule has 2 rings (SSSR count). The molecule has 0 spiro atoms. The Kier molecular flexibility index (Phi) is 2.92. The van der Waals surface area contributed by atoms with Gasteiger partial charge in [0, 0.05) is 13.1 Å². The second-order valence-corrected chi connectivity index (χ2v) is 6.04. The summed E-state index contributed by atoms with van der Waals surface area (Å²) in [5.74, 6) is 0. The van der Waals surface area contributed by atoms with E-state index in [4.69, 9.17) is 23.2 Å². The van der Waals surface area contributed by atoms with E-state index in [0.717, 1.165) is 0 Å². The summed E-state index contributed by atoms with van der Waals surface area (Å²) in [6, 6.07) is 3.20. The van der Waals surface area contributed by atoms with Crippen molar-refractivity contribution >= 4 is 33.2 Å². The van der Waals surface area contributed by atoms with Crippen LogP contribution < -0.4 is 4.83 Å². The van der Waals surface area contributed by atoms with Gasteiger partial charge in [-0.05, 0) is 18.6 Å². The summed E-state index contributed by atoms with van der Waals surface area (Å²) >= 11 is 11.8. The third kappa shape index (κ3) is 1.72. The molecule has 0 saturated heterocycles. The Morgan fingerprint density at radius 3 is 2.62 bits per heavy atom. The predicted octanol–water partition coefficient (Wildman–Crippen LogP) is 2.19. The Balaban J connectivity index is 2.80. The maximum atomic E-state index is 11.9. The molecule has 1 unspecified atom stereocenters. The third-order valence-corrected chi connectivity index (χ3v) is 5.07. The molecule has 0 saturated carbocycles. The molecule has 1 aliphatic heterocycles. The smallest absolute Gasteiger partial charge is 0.226 e. The van der Waals surface area contributed by atoms with Crippen LogP contribution in [0.15, 0.2) is 17.0 Å². The van der Waals surface area contributed by atoms with Crippen LogP contribution in [0, 0.1) is 0 Å². The lowest BCUT2D eigenvalue weighted by Gasteiger charge is -2.32. The molecule has 0 fully saturated rings. The van der Waals surface area contributed by atoms with E-state index >= 15 is 0 Å². The highest BCUT2D eigenvalue weighted by atomic mass is 35.5. The number of halogens is 2. The van der Waals surface area contributed by atoms with Crippen molar-refractivity contribution in [3.05, 3.63) is 27.7 Å². The maximum Gasteiger partial charge on any atom is 0.255 e. The molecule has 88 valence electrons. The lowest BCUT2D eigenvalue weighted by atomic mass is 10.1. The Morgan fingerprint density at radius 1 is 1.38 bits per heavy atom. The summed E-state index contributed by atoms with van der Waals surface area (Å²) in [4.78, 5) is 2.47. The fraction of sp³-hybridized carbons (Fsp3) is 0.333.